The summed E-state index contributed by atoms with van der Waals surface area (Å²) in [5, 5.41) is 5.14. The summed E-state index contributed by atoms with van der Waals surface area (Å²) < 4.78 is 14.5. The number of halogens is 2. The fourth-order valence-electron chi connectivity index (χ4n) is 3.43. The van der Waals surface area contributed by atoms with Gasteiger partial charge in [-0.05, 0) is 36.5 Å². The molecule has 0 unspecified atom stereocenters. The van der Waals surface area contributed by atoms with Crippen molar-refractivity contribution in [3.63, 3.8) is 0 Å². The fourth-order valence-corrected chi connectivity index (χ4v) is 4.45. The number of piperidine rings is 1. The molecule has 134 valence electrons. The van der Waals surface area contributed by atoms with Crippen LogP contribution in [-0.2, 0) is 6.54 Å². The highest BCUT2D eigenvalue weighted by Gasteiger charge is 2.22. The second kappa shape index (κ2) is 7.93. The number of nitrogens with zero attached hydrogens (tertiary/aromatic N) is 2. The van der Waals surface area contributed by atoms with E-state index >= 15 is 0 Å². The number of hydrogen-bond acceptors (Lipinski definition) is 4. The Kier molecular flexibility index (Phi) is 5.86. The van der Waals surface area contributed by atoms with E-state index in [1.54, 1.807) is 6.07 Å². The first kappa shape index (κ1) is 18.5. The van der Waals surface area contributed by atoms with Crippen LogP contribution in [0.5, 0.6) is 0 Å². The summed E-state index contributed by atoms with van der Waals surface area (Å²) >= 11 is 4.55. The lowest BCUT2D eigenvalue weighted by Gasteiger charge is -2.34. The van der Waals surface area contributed by atoms with Crippen molar-refractivity contribution >= 4 is 38.3 Å². The van der Waals surface area contributed by atoms with Crippen molar-refractivity contribution in [3.8, 4) is 0 Å². The van der Waals surface area contributed by atoms with Crippen LogP contribution < -0.4 is 5.32 Å². The van der Waals surface area contributed by atoms with Crippen LogP contribution in [-0.4, -0.2) is 28.9 Å². The van der Waals surface area contributed by atoms with E-state index in [1.807, 2.05) is 5.38 Å². The van der Waals surface area contributed by atoms with Crippen LogP contribution in [0.3, 0.4) is 0 Å². The Balaban J connectivity index is 1.62. The Morgan fingerprint density at radius 2 is 2.12 bits per heavy atom. The molecule has 7 heteroatoms. The summed E-state index contributed by atoms with van der Waals surface area (Å²) in [5.41, 5.74) is 0.955. The molecule has 0 aliphatic carbocycles. The zero-order chi connectivity index (χ0) is 18.0. The number of thiazole rings is 1. The van der Waals surface area contributed by atoms with Crippen LogP contribution >= 0.6 is 27.3 Å². The smallest absolute Gasteiger partial charge is 0.260 e. The standard InChI is InChI=1S/C18H21BrFN3OS/c1-11-5-12(2)8-23(7-11)9-14-10-25-18(21-14)22-17(24)15-4-3-13(19)6-16(15)20/h3-4,6,10-12H,5,7-9H2,1-2H3,(H,21,22,24)/t11-,12+. The van der Waals surface area contributed by atoms with Crippen LogP contribution in [0.1, 0.15) is 36.3 Å². The Labute approximate surface area is 159 Å². The monoisotopic (exact) mass is 425 g/mol. The van der Waals surface area contributed by atoms with E-state index in [2.05, 4.69) is 45.0 Å². The van der Waals surface area contributed by atoms with Crippen molar-refractivity contribution in [2.45, 2.75) is 26.8 Å². The maximum absolute atomic E-state index is 13.9. The molecule has 1 amide bonds. The number of rotatable bonds is 4. The topological polar surface area (TPSA) is 45.2 Å². The maximum atomic E-state index is 13.9. The van der Waals surface area contributed by atoms with Gasteiger partial charge < -0.3 is 0 Å². The first-order valence-corrected chi connectivity index (χ1v) is 10.0. The highest BCUT2D eigenvalue weighted by atomic mass is 79.9. The molecule has 3 rings (SSSR count). The van der Waals surface area contributed by atoms with E-state index in [4.69, 9.17) is 0 Å². The summed E-state index contributed by atoms with van der Waals surface area (Å²) in [6.07, 6.45) is 1.27. The molecule has 1 aromatic heterocycles. The molecule has 1 aliphatic rings. The summed E-state index contributed by atoms with van der Waals surface area (Å²) in [4.78, 5) is 19.1. The first-order chi connectivity index (χ1) is 11.9. The predicted octanol–water partition coefficient (Wildman–Crippen LogP) is 4.77. The van der Waals surface area contributed by atoms with E-state index < -0.39 is 11.7 Å². The van der Waals surface area contributed by atoms with Gasteiger partial charge in [0.25, 0.3) is 5.91 Å². The zero-order valence-electron chi connectivity index (χ0n) is 14.3. The second-order valence-corrected chi connectivity index (χ2v) is 8.64. The van der Waals surface area contributed by atoms with Gasteiger partial charge in [-0.1, -0.05) is 29.8 Å². The summed E-state index contributed by atoms with van der Waals surface area (Å²) in [6.45, 7) is 7.50. The highest BCUT2D eigenvalue weighted by molar-refractivity contribution is 9.10. The van der Waals surface area contributed by atoms with E-state index in [0.717, 1.165) is 25.3 Å². The van der Waals surface area contributed by atoms with Crippen molar-refractivity contribution in [3.05, 3.63) is 45.1 Å². The number of carbonyl (C=O) groups is 1. The molecule has 1 fully saturated rings. The third kappa shape index (κ3) is 4.86. The third-order valence-electron chi connectivity index (χ3n) is 4.28. The van der Waals surface area contributed by atoms with E-state index in [9.17, 15) is 9.18 Å². The maximum Gasteiger partial charge on any atom is 0.260 e. The van der Waals surface area contributed by atoms with Crippen LogP contribution in [0.25, 0.3) is 0 Å². The molecule has 2 aromatic rings. The van der Waals surface area contributed by atoms with Gasteiger partial charge in [-0.3, -0.25) is 15.0 Å². The fraction of sp³-hybridized carbons (Fsp3) is 0.444. The van der Waals surface area contributed by atoms with Crippen molar-refractivity contribution in [2.75, 3.05) is 18.4 Å². The molecule has 1 aromatic carbocycles. The molecule has 4 nitrogen and oxygen atoms in total. The van der Waals surface area contributed by atoms with Crippen molar-refractivity contribution < 1.29 is 9.18 Å². The molecular formula is C18H21BrFN3OS. The molecule has 2 atom stereocenters. The molecule has 0 bridgehead atoms. The molecule has 0 saturated carbocycles. The molecule has 0 spiro atoms. The van der Waals surface area contributed by atoms with Crippen molar-refractivity contribution in [1.29, 1.82) is 0 Å². The normalized spacial score (nSPS) is 21.3. The van der Waals surface area contributed by atoms with Gasteiger partial charge in [0.05, 0.1) is 11.3 Å². The number of hydrogen-bond donors (Lipinski definition) is 1. The Morgan fingerprint density at radius 1 is 1.40 bits per heavy atom. The second-order valence-electron chi connectivity index (χ2n) is 6.86. The van der Waals surface area contributed by atoms with Crippen LogP contribution in [0.4, 0.5) is 9.52 Å². The Morgan fingerprint density at radius 3 is 2.80 bits per heavy atom. The van der Waals surface area contributed by atoms with Crippen molar-refractivity contribution in [2.24, 2.45) is 11.8 Å². The Bertz CT molecular complexity index is 757. The van der Waals surface area contributed by atoms with Gasteiger partial charge in [-0.2, -0.15) is 0 Å². The average molecular weight is 426 g/mol. The summed E-state index contributed by atoms with van der Waals surface area (Å²) in [5.74, 6) is 0.356. The average Bonchev–Trinajstić information content (AvgIpc) is 2.92. The number of amides is 1. The minimum absolute atomic E-state index is 0.0126. The summed E-state index contributed by atoms with van der Waals surface area (Å²) in [6, 6.07) is 4.38. The van der Waals surface area contributed by atoms with Gasteiger partial charge >= 0.3 is 0 Å². The largest absolute Gasteiger partial charge is 0.298 e. The lowest BCUT2D eigenvalue weighted by atomic mass is 9.92. The van der Waals surface area contributed by atoms with E-state index in [1.165, 1.54) is 29.9 Å². The van der Waals surface area contributed by atoms with Crippen LogP contribution in [0.2, 0.25) is 0 Å². The minimum atomic E-state index is -0.556. The van der Waals surface area contributed by atoms with Gasteiger partial charge in [0.15, 0.2) is 5.13 Å². The molecule has 1 N–H and O–H groups in total. The van der Waals surface area contributed by atoms with Crippen LogP contribution in [0, 0.1) is 17.7 Å². The van der Waals surface area contributed by atoms with Gasteiger partial charge in [0.2, 0.25) is 0 Å². The van der Waals surface area contributed by atoms with Crippen LogP contribution in [0.15, 0.2) is 28.1 Å². The number of nitrogens with one attached hydrogen (secondary N) is 1. The van der Waals surface area contributed by atoms with E-state index in [-0.39, 0.29) is 5.56 Å². The number of likely N-dealkylation sites (tertiary alicyclic amines) is 1. The molecule has 1 aliphatic heterocycles. The number of benzene rings is 1. The highest BCUT2D eigenvalue weighted by Crippen LogP contribution is 2.24. The minimum Gasteiger partial charge on any atom is -0.298 e. The van der Waals surface area contributed by atoms with E-state index in [0.29, 0.717) is 21.4 Å². The Hall–Kier alpha value is -1.31. The van der Waals surface area contributed by atoms with Gasteiger partial charge in [-0.25, -0.2) is 9.37 Å². The summed E-state index contributed by atoms with van der Waals surface area (Å²) in [7, 11) is 0. The van der Waals surface area contributed by atoms with Gasteiger partial charge in [-0.15, -0.1) is 11.3 Å². The lowest BCUT2D eigenvalue weighted by molar-refractivity contribution is 0.102. The SMILES string of the molecule is C[C@@H]1C[C@H](C)CN(Cc2csc(NC(=O)c3ccc(Br)cc3F)n2)C1. The molecule has 1 saturated heterocycles. The van der Waals surface area contributed by atoms with Crippen molar-refractivity contribution in [1.82, 2.24) is 9.88 Å². The number of carbonyl (C=O) groups excluding carboxylic acids is 1. The predicted molar refractivity (Wildman–Crippen MR) is 102 cm³/mol. The number of anilines is 1. The first-order valence-electron chi connectivity index (χ1n) is 8.34. The molecule has 0 radical (unpaired) electrons. The third-order valence-corrected chi connectivity index (χ3v) is 5.58. The van der Waals surface area contributed by atoms with Gasteiger partial charge in [0.1, 0.15) is 5.82 Å². The zero-order valence-corrected chi connectivity index (χ0v) is 16.7. The quantitative estimate of drug-likeness (QED) is 0.766. The molecule has 2 heterocycles. The molecule has 25 heavy (non-hydrogen) atoms. The lowest BCUT2D eigenvalue weighted by Crippen LogP contribution is -2.38. The molecular weight excluding hydrogens is 405 g/mol. The number of aromatic nitrogens is 1. The van der Waals surface area contributed by atoms with Gasteiger partial charge in [0, 0.05) is 29.5 Å².